The van der Waals surface area contributed by atoms with Crippen LogP contribution >= 0.6 is 11.6 Å². The molecular weight excluding hydrogens is 318 g/mol. The van der Waals surface area contributed by atoms with Crippen molar-refractivity contribution >= 4 is 28.5 Å². The number of hydrogen-bond acceptors (Lipinski definition) is 5. The Labute approximate surface area is 136 Å². The van der Waals surface area contributed by atoms with Crippen molar-refractivity contribution in [3.8, 4) is 0 Å². The molecule has 0 aliphatic heterocycles. The molecule has 0 amide bonds. The van der Waals surface area contributed by atoms with Crippen molar-refractivity contribution in [1.82, 2.24) is 15.0 Å². The van der Waals surface area contributed by atoms with Gasteiger partial charge in [-0.3, -0.25) is 4.79 Å². The van der Waals surface area contributed by atoms with Crippen molar-refractivity contribution in [1.29, 1.82) is 0 Å². The number of esters is 1. The summed E-state index contributed by atoms with van der Waals surface area (Å²) in [5.41, 5.74) is 0.408. The Kier molecular flexibility index (Phi) is 4.08. The summed E-state index contributed by atoms with van der Waals surface area (Å²) in [5.74, 6) is -0.367. The molecule has 0 aliphatic rings. The summed E-state index contributed by atoms with van der Waals surface area (Å²) >= 11 is 5.87. The SMILES string of the molecule is C[C@H](OC(=O)c1cccnc1Cl)c1nc2ccccc2c(=O)[nH]1. The van der Waals surface area contributed by atoms with E-state index in [9.17, 15) is 9.59 Å². The number of pyridine rings is 1. The minimum atomic E-state index is -0.740. The molecule has 0 unspecified atom stereocenters. The Morgan fingerprint density at radius 2 is 2.04 bits per heavy atom. The molecule has 116 valence electrons. The summed E-state index contributed by atoms with van der Waals surface area (Å²) in [6.07, 6.45) is 0.737. The molecule has 23 heavy (non-hydrogen) atoms. The standard InChI is InChI=1S/C16H12ClN3O3/c1-9(23-16(22)11-6-4-8-18-13(11)17)14-19-12-7-3-2-5-10(12)15(21)20-14/h2-9H,1H3,(H,19,20,21)/t9-/m0/s1. The van der Waals surface area contributed by atoms with E-state index in [4.69, 9.17) is 16.3 Å². The predicted octanol–water partition coefficient (Wildman–Crippen LogP) is 2.89. The summed E-state index contributed by atoms with van der Waals surface area (Å²) < 4.78 is 5.31. The number of H-pyrrole nitrogens is 1. The quantitative estimate of drug-likeness (QED) is 0.590. The Hall–Kier alpha value is -2.73. The van der Waals surface area contributed by atoms with E-state index in [1.807, 2.05) is 0 Å². The van der Waals surface area contributed by atoms with Gasteiger partial charge >= 0.3 is 5.97 Å². The third-order valence-electron chi connectivity index (χ3n) is 3.28. The zero-order chi connectivity index (χ0) is 16.4. The fourth-order valence-corrected chi connectivity index (χ4v) is 2.31. The fourth-order valence-electron chi connectivity index (χ4n) is 2.12. The molecule has 1 atom stereocenters. The third kappa shape index (κ3) is 3.07. The van der Waals surface area contributed by atoms with Crippen molar-refractivity contribution in [3.05, 3.63) is 69.5 Å². The molecule has 3 rings (SSSR count). The molecule has 0 spiro atoms. The van der Waals surface area contributed by atoms with Gasteiger partial charge in [-0.15, -0.1) is 0 Å². The molecule has 1 aromatic carbocycles. The van der Waals surface area contributed by atoms with Crippen LogP contribution in [0.2, 0.25) is 5.15 Å². The van der Waals surface area contributed by atoms with E-state index in [2.05, 4.69) is 15.0 Å². The van der Waals surface area contributed by atoms with Crippen LogP contribution in [-0.4, -0.2) is 20.9 Å². The van der Waals surface area contributed by atoms with E-state index in [-0.39, 0.29) is 22.1 Å². The lowest BCUT2D eigenvalue weighted by Crippen LogP contribution is -2.17. The molecule has 0 aliphatic carbocycles. The number of carbonyl (C=O) groups is 1. The summed E-state index contributed by atoms with van der Waals surface area (Å²) in [4.78, 5) is 35.0. The molecule has 2 heterocycles. The van der Waals surface area contributed by atoms with Gasteiger partial charge in [0.05, 0.1) is 16.5 Å². The number of hydrogen-bond donors (Lipinski definition) is 1. The van der Waals surface area contributed by atoms with Crippen LogP contribution in [0.5, 0.6) is 0 Å². The maximum Gasteiger partial charge on any atom is 0.341 e. The zero-order valence-corrected chi connectivity index (χ0v) is 12.9. The molecule has 6 nitrogen and oxygen atoms in total. The molecule has 0 saturated heterocycles. The second kappa shape index (κ2) is 6.18. The van der Waals surface area contributed by atoms with Gasteiger partial charge < -0.3 is 9.72 Å². The van der Waals surface area contributed by atoms with Crippen molar-refractivity contribution in [2.75, 3.05) is 0 Å². The highest BCUT2D eigenvalue weighted by Crippen LogP contribution is 2.19. The molecule has 2 aromatic heterocycles. The smallest absolute Gasteiger partial charge is 0.341 e. The lowest BCUT2D eigenvalue weighted by molar-refractivity contribution is 0.0319. The van der Waals surface area contributed by atoms with Crippen molar-refractivity contribution in [2.45, 2.75) is 13.0 Å². The van der Waals surface area contributed by atoms with E-state index in [1.165, 1.54) is 12.3 Å². The van der Waals surface area contributed by atoms with Crippen LogP contribution in [0, 0.1) is 0 Å². The highest BCUT2D eigenvalue weighted by atomic mass is 35.5. The average Bonchev–Trinajstić information content (AvgIpc) is 2.55. The largest absolute Gasteiger partial charge is 0.451 e. The Balaban J connectivity index is 1.89. The second-order valence-electron chi connectivity index (χ2n) is 4.86. The number of para-hydroxylation sites is 1. The summed E-state index contributed by atoms with van der Waals surface area (Å²) in [7, 11) is 0. The first-order chi connectivity index (χ1) is 11.1. The number of ether oxygens (including phenoxy) is 1. The molecule has 0 fully saturated rings. The lowest BCUT2D eigenvalue weighted by Gasteiger charge is -2.13. The van der Waals surface area contributed by atoms with Gasteiger partial charge in [-0.25, -0.2) is 14.8 Å². The number of nitrogens with one attached hydrogen (secondary N) is 1. The van der Waals surface area contributed by atoms with Gasteiger partial charge in [-0.2, -0.15) is 0 Å². The van der Waals surface area contributed by atoms with E-state index in [1.54, 1.807) is 37.3 Å². The second-order valence-corrected chi connectivity index (χ2v) is 5.22. The number of fused-ring (bicyclic) bond motifs is 1. The van der Waals surface area contributed by atoms with Gasteiger partial charge in [0.25, 0.3) is 5.56 Å². The maximum absolute atomic E-state index is 12.1. The number of benzene rings is 1. The first-order valence-electron chi connectivity index (χ1n) is 6.86. The monoisotopic (exact) mass is 329 g/mol. The highest BCUT2D eigenvalue weighted by Gasteiger charge is 2.19. The van der Waals surface area contributed by atoms with Crippen LogP contribution in [0.3, 0.4) is 0 Å². The topological polar surface area (TPSA) is 84.9 Å². The van der Waals surface area contributed by atoms with Gasteiger partial charge in [0.1, 0.15) is 5.15 Å². The normalized spacial score (nSPS) is 12.1. The first kappa shape index (κ1) is 15.2. The Bertz CT molecular complexity index is 939. The Morgan fingerprint density at radius 1 is 1.26 bits per heavy atom. The first-order valence-corrected chi connectivity index (χ1v) is 7.24. The Morgan fingerprint density at radius 3 is 2.83 bits per heavy atom. The van der Waals surface area contributed by atoms with Crippen molar-refractivity contribution in [2.24, 2.45) is 0 Å². The van der Waals surface area contributed by atoms with Crippen LogP contribution in [0.1, 0.15) is 29.2 Å². The van der Waals surface area contributed by atoms with Gasteiger partial charge in [0.15, 0.2) is 11.9 Å². The number of rotatable bonds is 3. The highest BCUT2D eigenvalue weighted by molar-refractivity contribution is 6.32. The number of aromatic amines is 1. The molecule has 0 radical (unpaired) electrons. The number of carbonyl (C=O) groups excluding carboxylic acids is 1. The molecule has 0 saturated carbocycles. The number of halogens is 1. The van der Waals surface area contributed by atoms with Gasteiger partial charge in [-0.05, 0) is 31.2 Å². The predicted molar refractivity (Wildman–Crippen MR) is 85.4 cm³/mol. The van der Waals surface area contributed by atoms with E-state index in [0.717, 1.165) is 0 Å². The van der Waals surface area contributed by atoms with Crippen LogP contribution in [0.4, 0.5) is 0 Å². The molecule has 0 bridgehead atoms. The van der Waals surface area contributed by atoms with Crippen LogP contribution in [-0.2, 0) is 4.74 Å². The number of nitrogens with zero attached hydrogens (tertiary/aromatic N) is 2. The minimum absolute atomic E-state index is 0.0599. The third-order valence-corrected chi connectivity index (χ3v) is 3.58. The van der Waals surface area contributed by atoms with Gasteiger partial charge in [0.2, 0.25) is 0 Å². The molecular formula is C16H12ClN3O3. The number of aromatic nitrogens is 3. The summed E-state index contributed by atoms with van der Waals surface area (Å²) in [6.45, 7) is 1.62. The molecule has 7 heteroatoms. The van der Waals surface area contributed by atoms with Crippen LogP contribution in [0.15, 0.2) is 47.4 Å². The van der Waals surface area contributed by atoms with Gasteiger partial charge in [0, 0.05) is 6.20 Å². The summed E-state index contributed by atoms with van der Waals surface area (Å²) in [6, 6.07) is 10.0. The van der Waals surface area contributed by atoms with Crippen molar-refractivity contribution < 1.29 is 9.53 Å². The average molecular weight is 330 g/mol. The molecule has 3 aromatic rings. The van der Waals surface area contributed by atoms with Gasteiger partial charge in [-0.1, -0.05) is 23.7 Å². The van der Waals surface area contributed by atoms with E-state index < -0.39 is 12.1 Å². The zero-order valence-electron chi connectivity index (χ0n) is 12.1. The van der Waals surface area contributed by atoms with Crippen LogP contribution in [0.25, 0.3) is 10.9 Å². The molecule has 1 N–H and O–H groups in total. The lowest BCUT2D eigenvalue weighted by atomic mass is 10.2. The fraction of sp³-hybridized carbons (Fsp3) is 0.125. The minimum Gasteiger partial charge on any atom is -0.451 e. The van der Waals surface area contributed by atoms with E-state index in [0.29, 0.717) is 10.9 Å². The summed E-state index contributed by atoms with van der Waals surface area (Å²) in [5, 5.41) is 0.537. The maximum atomic E-state index is 12.1. The van der Waals surface area contributed by atoms with Crippen LogP contribution < -0.4 is 5.56 Å². The van der Waals surface area contributed by atoms with E-state index >= 15 is 0 Å². The van der Waals surface area contributed by atoms with Crippen molar-refractivity contribution in [3.63, 3.8) is 0 Å².